The van der Waals surface area contributed by atoms with Crippen molar-refractivity contribution in [3.8, 4) is 0 Å². The van der Waals surface area contributed by atoms with Crippen LogP contribution in [0.4, 0.5) is 0 Å². The molecule has 6 heteroatoms. The van der Waals surface area contributed by atoms with Crippen molar-refractivity contribution in [1.29, 1.82) is 0 Å². The molecule has 0 saturated heterocycles. The molecule has 2 fully saturated rings. The van der Waals surface area contributed by atoms with Crippen LogP contribution in [0.3, 0.4) is 0 Å². The van der Waals surface area contributed by atoms with Crippen LogP contribution in [0.25, 0.3) is 0 Å². The average molecular weight is 583 g/mol. The summed E-state index contributed by atoms with van der Waals surface area (Å²) in [5, 5.41) is 9.28. The summed E-state index contributed by atoms with van der Waals surface area (Å²) in [7, 11) is 0. The third-order valence-corrected chi connectivity index (χ3v) is 12.4. The van der Waals surface area contributed by atoms with Gasteiger partial charge in [-0.2, -0.15) is 0 Å². The lowest BCUT2D eigenvalue weighted by molar-refractivity contribution is -0.172. The van der Waals surface area contributed by atoms with E-state index in [-0.39, 0.29) is 51.7 Å². The molecular formula is C36H54O6. The average Bonchev–Trinajstić information content (AvgIpc) is 3.12. The zero-order chi connectivity index (χ0) is 31.4. The van der Waals surface area contributed by atoms with Gasteiger partial charge in [0.05, 0.1) is 5.92 Å². The van der Waals surface area contributed by atoms with Gasteiger partial charge >= 0.3 is 17.9 Å². The van der Waals surface area contributed by atoms with E-state index >= 15 is 0 Å². The Bertz CT molecular complexity index is 1210. The maximum atomic E-state index is 12.6. The SMILES string of the molecule is CC(=O)O[C@H]1C[C@H]([C@H](C)CC/C=C(\C)C(=O)O)[C@@]2(C)CC=C3C(=CC[C@H]4C(C)(C)[C@@H](OC(=O)C(C)C)CC[C@]34C)[C@]12C. The Labute approximate surface area is 253 Å². The molecule has 0 unspecified atom stereocenters. The number of fused-ring (bicyclic) bond motifs is 5. The first-order valence-corrected chi connectivity index (χ1v) is 16.1. The zero-order valence-electron chi connectivity index (χ0n) is 27.6. The Balaban J connectivity index is 1.70. The molecule has 0 heterocycles. The second kappa shape index (κ2) is 11.3. The quantitative estimate of drug-likeness (QED) is 0.230. The molecule has 4 aliphatic rings. The number of allylic oxidation sites excluding steroid dienone is 4. The topological polar surface area (TPSA) is 89.9 Å². The Kier molecular flexibility index (Phi) is 8.74. The predicted octanol–water partition coefficient (Wildman–Crippen LogP) is 8.07. The van der Waals surface area contributed by atoms with E-state index in [9.17, 15) is 19.5 Å². The van der Waals surface area contributed by atoms with Gasteiger partial charge in [0.2, 0.25) is 0 Å². The third-order valence-electron chi connectivity index (χ3n) is 12.4. The molecule has 0 amide bonds. The first-order chi connectivity index (χ1) is 19.4. The second-order valence-corrected chi connectivity index (χ2v) is 15.4. The number of hydrogen-bond donors (Lipinski definition) is 1. The number of hydrogen-bond acceptors (Lipinski definition) is 5. The Morgan fingerprint density at radius 1 is 1.00 bits per heavy atom. The summed E-state index contributed by atoms with van der Waals surface area (Å²) in [4.78, 5) is 36.3. The molecule has 8 atom stereocenters. The molecule has 42 heavy (non-hydrogen) atoms. The monoisotopic (exact) mass is 582 g/mol. The molecule has 0 spiro atoms. The Morgan fingerprint density at radius 3 is 2.26 bits per heavy atom. The van der Waals surface area contributed by atoms with E-state index in [0.717, 1.165) is 44.9 Å². The smallest absolute Gasteiger partial charge is 0.330 e. The van der Waals surface area contributed by atoms with E-state index in [1.54, 1.807) is 6.92 Å². The van der Waals surface area contributed by atoms with Crippen molar-refractivity contribution in [2.45, 2.75) is 126 Å². The molecule has 4 rings (SSSR count). The third kappa shape index (κ3) is 5.09. The summed E-state index contributed by atoms with van der Waals surface area (Å²) >= 11 is 0. The van der Waals surface area contributed by atoms with Crippen molar-refractivity contribution in [3.05, 3.63) is 34.9 Å². The van der Waals surface area contributed by atoms with Crippen LogP contribution in [0, 0.1) is 45.3 Å². The number of carbonyl (C=O) groups excluding carboxylic acids is 2. The first kappa shape index (κ1) is 32.5. The van der Waals surface area contributed by atoms with Gasteiger partial charge in [-0.25, -0.2) is 4.79 Å². The maximum absolute atomic E-state index is 12.6. The lowest BCUT2D eigenvalue weighted by Crippen LogP contribution is -2.56. The van der Waals surface area contributed by atoms with Crippen LogP contribution in [0.15, 0.2) is 34.9 Å². The van der Waals surface area contributed by atoms with Crippen LogP contribution in [0.5, 0.6) is 0 Å². The second-order valence-electron chi connectivity index (χ2n) is 15.4. The highest BCUT2D eigenvalue weighted by Crippen LogP contribution is 2.72. The number of carboxylic acids is 1. The van der Waals surface area contributed by atoms with Gasteiger partial charge in [-0.15, -0.1) is 0 Å². The standard InChI is InChI=1S/C36H54O6/c1-21(2)32(40)42-29-17-18-34(8)25-16-19-35(9)27(22(3)12-11-13-23(4)31(38)39)20-30(41-24(5)37)36(35,10)26(25)14-15-28(34)33(29,6)7/h13-14,16,21-22,27-30H,11-12,15,17-20H2,1-10H3,(H,38,39)/b23-13+/t22-,27-,28+,29+,30+,34-,35-,36-/m1/s1. The van der Waals surface area contributed by atoms with E-state index in [1.807, 2.05) is 19.9 Å². The highest BCUT2D eigenvalue weighted by molar-refractivity contribution is 5.85. The van der Waals surface area contributed by atoms with Gasteiger partial charge in [0.25, 0.3) is 0 Å². The number of aliphatic carboxylic acids is 1. The van der Waals surface area contributed by atoms with E-state index in [0.29, 0.717) is 23.3 Å². The summed E-state index contributed by atoms with van der Waals surface area (Å²) in [6.07, 6.45) is 12.5. The minimum atomic E-state index is -0.866. The zero-order valence-corrected chi connectivity index (χ0v) is 27.6. The molecule has 0 radical (unpaired) electrons. The molecule has 0 aromatic heterocycles. The van der Waals surface area contributed by atoms with Gasteiger partial charge in [-0.1, -0.05) is 73.6 Å². The fraction of sp³-hybridized carbons (Fsp3) is 0.750. The van der Waals surface area contributed by atoms with Gasteiger partial charge in [-0.3, -0.25) is 9.59 Å². The van der Waals surface area contributed by atoms with Gasteiger partial charge < -0.3 is 14.6 Å². The van der Waals surface area contributed by atoms with E-state index in [4.69, 9.17) is 9.47 Å². The van der Waals surface area contributed by atoms with Crippen LogP contribution < -0.4 is 0 Å². The van der Waals surface area contributed by atoms with Crippen molar-refractivity contribution in [1.82, 2.24) is 0 Å². The predicted molar refractivity (Wildman–Crippen MR) is 164 cm³/mol. The van der Waals surface area contributed by atoms with Gasteiger partial charge in [0, 0.05) is 23.3 Å². The van der Waals surface area contributed by atoms with Crippen LogP contribution in [-0.4, -0.2) is 35.2 Å². The number of ether oxygens (including phenoxy) is 2. The number of rotatable bonds is 8. The molecule has 0 aromatic carbocycles. The van der Waals surface area contributed by atoms with Gasteiger partial charge in [-0.05, 0) is 91.6 Å². The maximum Gasteiger partial charge on any atom is 0.330 e. The van der Waals surface area contributed by atoms with Crippen molar-refractivity contribution >= 4 is 17.9 Å². The molecule has 2 saturated carbocycles. The highest BCUT2D eigenvalue weighted by atomic mass is 16.5. The van der Waals surface area contributed by atoms with Crippen molar-refractivity contribution in [3.63, 3.8) is 0 Å². The van der Waals surface area contributed by atoms with Gasteiger partial charge in [0.15, 0.2) is 0 Å². The summed E-state index contributed by atoms with van der Waals surface area (Å²) in [5.74, 6) is -0.348. The molecule has 0 aromatic rings. The van der Waals surface area contributed by atoms with Crippen LogP contribution in [-0.2, 0) is 23.9 Å². The lowest BCUT2D eigenvalue weighted by Gasteiger charge is -2.61. The summed E-state index contributed by atoms with van der Waals surface area (Å²) in [5.41, 5.74) is 2.49. The Hall–Kier alpha value is -2.37. The van der Waals surface area contributed by atoms with Crippen LogP contribution >= 0.6 is 0 Å². The molecule has 0 bridgehead atoms. The summed E-state index contributed by atoms with van der Waals surface area (Å²) in [6.45, 7) is 20.9. The molecule has 0 aliphatic heterocycles. The van der Waals surface area contributed by atoms with Gasteiger partial charge in [0.1, 0.15) is 12.2 Å². The fourth-order valence-electron chi connectivity index (χ4n) is 9.60. The molecule has 6 nitrogen and oxygen atoms in total. The van der Waals surface area contributed by atoms with E-state index in [2.05, 4.69) is 53.7 Å². The van der Waals surface area contributed by atoms with Crippen molar-refractivity contribution in [2.75, 3.05) is 0 Å². The molecule has 1 N–H and O–H groups in total. The van der Waals surface area contributed by atoms with Crippen LogP contribution in [0.1, 0.15) is 114 Å². The molecular weight excluding hydrogens is 528 g/mol. The summed E-state index contributed by atoms with van der Waals surface area (Å²) in [6, 6.07) is 0. The number of carbonyl (C=O) groups is 3. The Morgan fingerprint density at radius 2 is 1.67 bits per heavy atom. The normalized spacial score (nSPS) is 37.9. The van der Waals surface area contributed by atoms with Crippen LogP contribution in [0.2, 0.25) is 0 Å². The minimum absolute atomic E-state index is 0.0533. The molecule has 4 aliphatic carbocycles. The lowest BCUT2D eigenvalue weighted by atomic mass is 9.44. The molecule has 234 valence electrons. The fourth-order valence-corrected chi connectivity index (χ4v) is 9.60. The first-order valence-electron chi connectivity index (χ1n) is 16.1. The van der Waals surface area contributed by atoms with Crippen molar-refractivity contribution < 1.29 is 29.0 Å². The van der Waals surface area contributed by atoms with E-state index < -0.39 is 5.97 Å². The highest BCUT2D eigenvalue weighted by Gasteiger charge is 2.67. The number of esters is 2. The largest absolute Gasteiger partial charge is 0.478 e. The number of carboxylic acid groups (broad SMARTS) is 1. The summed E-state index contributed by atoms with van der Waals surface area (Å²) < 4.78 is 12.3. The van der Waals surface area contributed by atoms with Crippen molar-refractivity contribution in [2.24, 2.45) is 45.3 Å². The van der Waals surface area contributed by atoms with E-state index in [1.165, 1.54) is 18.1 Å². The minimum Gasteiger partial charge on any atom is -0.478 e.